The second-order valence-electron chi connectivity index (χ2n) is 6.58. The fraction of sp³-hybridized carbons (Fsp3) is 0.857. The maximum absolute atomic E-state index is 10.5. The number of hydrogen-bond acceptors (Lipinski definition) is 4. The highest BCUT2D eigenvalue weighted by Gasteiger charge is 2.40. The van der Waals surface area contributed by atoms with E-state index >= 15 is 0 Å². The van der Waals surface area contributed by atoms with Crippen molar-refractivity contribution in [3.63, 3.8) is 0 Å². The largest absolute Gasteiger partial charge is 0.481 e. The van der Waals surface area contributed by atoms with Gasteiger partial charge in [-0.1, -0.05) is 12.8 Å². The van der Waals surface area contributed by atoms with E-state index in [1.165, 1.54) is 0 Å². The zero-order chi connectivity index (χ0) is 15.6. The molecule has 2 aliphatic rings. The molecule has 20 heavy (non-hydrogen) atoms. The summed E-state index contributed by atoms with van der Waals surface area (Å²) in [6, 6.07) is 0. The lowest BCUT2D eigenvalue weighted by molar-refractivity contribution is -0.144. The summed E-state index contributed by atoms with van der Waals surface area (Å²) in [6.07, 6.45) is 5.05. The van der Waals surface area contributed by atoms with Crippen LogP contribution in [0.4, 0.5) is 0 Å². The summed E-state index contributed by atoms with van der Waals surface area (Å²) < 4.78 is 0. The minimum Gasteiger partial charge on any atom is -0.481 e. The van der Waals surface area contributed by atoms with Gasteiger partial charge in [-0.3, -0.25) is 9.59 Å². The molecule has 2 rings (SSSR count). The lowest BCUT2D eigenvalue weighted by atomic mass is 9.90. The molecule has 6 heteroatoms. The topological polar surface area (TPSA) is 127 Å². The summed E-state index contributed by atoms with van der Waals surface area (Å²) in [4.78, 5) is 21.1. The van der Waals surface area contributed by atoms with Crippen LogP contribution in [0.2, 0.25) is 0 Å². The van der Waals surface area contributed by atoms with Crippen molar-refractivity contribution < 1.29 is 19.8 Å². The third kappa shape index (κ3) is 3.93. The molecule has 4 atom stereocenters. The van der Waals surface area contributed by atoms with E-state index in [1.807, 2.05) is 13.8 Å². The molecule has 0 heterocycles. The van der Waals surface area contributed by atoms with Gasteiger partial charge in [-0.15, -0.1) is 0 Å². The van der Waals surface area contributed by atoms with E-state index in [-0.39, 0.29) is 11.8 Å². The summed E-state index contributed by atoms with van der Waals surface area (Å²) in [6.45, 7) is 3.64. The van der Waals surface area contributed by atoms with Crippen LogP contribution in [-0.4, -0.2) is 33.2 Å². The van der Waals surface area contributed by atoms with Crippen LogP contribution in [0.5, 0.6) is 0 Å². The molecule has 2 fully saturated rings. The van der Waals surface area contributed by atoms with Crippen molar-refractivity contribution in [2.24, 2.45) is 23.3 Å². The van der Waals surface area contributed by atoms with Crippen LogP contribution in [0.3, 0.4) is 0 Å². The van der Waals surface area contributed by atoms with Crippen molar-refractivity contribution >= 4 is 11.9 Å². The number of hydrogen-bond donors (Lipinski definition) is 4. The highest BCUT2D eigenvalue weighted by Crippen LogP contribution is 2.33. The third-order valence-electron chi connectivity index (χ3n) is 4.60. The molecule has 0 unspecified atom stereocenters. The zero-order valence-corrected chi connectivity index (χ0v) is 12.3. The van der Waals surface area contributed by atoms with E-state index in [9.17, 15) is 9.59 Å². The van der Waals surface area contributed by atoms with E-state index in [0.717, 1.165) is 38.5 Å². The number of rotatable bonds is 2. The lowest BCUT2D eigenvalue weighted by Crippen LogP contribution is -2.43. The highest BCUT2D eigenvalue weighted by atomic mass is 16.4. The highest BCUT2D eigenvalue weighted by molar-refractivity contribution is 5.72. The van der Waals surface area contributed by atoms with Crippen LogP contribution >= 0.6 is 0 Å². The van der Waals surface area contributed by atoms with Gasteiger partial charge < -0.3 is 21.7 Å². The molecule has 0 radical (unpaired) electrons. The molecule has 116 valence electrons. The van der Waals surface area contributed by atoms with Crippen molar-refractivity contribution in [3.8, 4) is 0 Å². The number of carboxylic acids is 2. The first-order valence-electron chi connectivity index (χ1n) is 7.11. The molecule has 0 aromatic rings. The zero-order valence-electron chi connectivity index (χ0n) is 12.3. The fourth-order valence-electron chi connectivity index (χ4n) is 3.19. The smallest absolute Gasteiger partial charge is 0.308 e. The van der Waals surface area contributed by atoms with Gasteiger partial charge in [-0.2, -0.15) is 0 Å². The maximum Gasteiger partial charge on any atom is 0.308 e. The first kappa shape index (κ1) is 16.9. The average Bonchev–Trinajstić information content (AvgIpc) is 2.80. The quantitative estimate of drug-likeness (QED) is 0.603. The molecule has 0 spiro atoms. The van der Waals surface area contributed by atoms with Gasteiger partial charge in [0.1, 0.15) is 0 Å². The SMILES string of the molecule is C[C@@]1(N)CCC[C@@H]1C(=O)O.C[C@]1(N)CCC[C@H]1C(=O)O. The van der Waals surface area contributed by atoms with Gasteiger partial charge in [0, 0.05) is 11.1 Å². The number of carbonyl (C=O) groups is 2. The molecular weight excluding hydrogens is 260 g/mol. The van der Waals surface area contributed by atoms with Crippen LogP contribution < -0.4 is 11.5 Å². The van der Waals surface area contributed by atoms with Crippen LogP contribution in [0, 0.1) is 11.8 Å². The monoisotopic (exact) mass is 286 g/mol. The van der Waals surface area contributed by atoms with Gasteiger partial charge in [-0.25, -0.2) is 0 Å². The predicted molar refractivity (Wildman–Crippen MR) is 75.1 cm³/mol. The molecular formula is C14H26N2O4. The second-order valence-corrected chi connectivity index (χ2v) is 6.58. The van der Waals surface area contributed by atoms with Gasteiger partial charge in [-0.05, 0) is 39.5 Å². The van der Waals surface area contributed by atoms with Gasteiger partial charge in [0.2, 0.25) is 0 Å². The molecule has 0 saturated heterocycles. The van der Waals surface area contributed by atoms with Crippen LogP contribution in [-0.2, 0) is 9.59 Å². The molecule has 0 aliphatic heterocycles. The number of aliphatic carboxylic acids is 2. The number of nitrogens with two attached hydrogens (primary N) is 2. The molecule has 0 bridgehead atoms. The molecule has 2 saturated carbocycles. The van der Waals surface area contributed by atoms with E-state index in [1.54, 1.807) is 0 Å². The Balaban J connectivity index is 0.000000200. The van der Waals surface area contributed by atoms with Crippen molar-refractivity contribution in [3.05, 3.63) is 0 Å². The van der Waals surface area contributed by atoms with Gasteiger partial charge in [0.25, 0.3) is 0 Å². The molecule has 6 N–H and O–H groups in total. The summed E-state index contributed by atoms with van der Waals surface area (Å²) in [5, 5.41) is 17.3. The minimum absolute atomic E-state index is 0.326. The van der Waals surface area contributed by atoms with Crippen LogP contribution in [0.25, 0.3) is 0 Å². The van der Waals surface area contributed by atoms with Crippen LogP contribution in [0.1, 0.15) is 52.4 Å². The minimum atomic E-state index is -0.748. The summed E-state index contributed by atoms with van der Waals surface area (Å²) in [7, 11) is 0. The fourth-order valence-corrected chi connectivity index (χ4v) is 3.19. The van der Waals surface area contributed by atoms with Crippen LogP contribution in [0.15, 0.2) is 0 Å². The molecule has 2 aliphatic carbocycles. The third-order valence-corrected chi connectivity index (χ3v) is 4.60. The van der Waals surface area contributed by atoms with Gasteiger partial charge in [0.15, 0.2) is 0 Å². The Morgan fingerprint density at radius 2 is 1.20 bits per heavy atom. The average molecular weight is 286 g/mol. The normalized spacial score (nSPS) is 40.0. The van der Waals surface area contributed by atoms with Crippen molar-refractivity contribution in [1.82, 2.24) is 0 Å². The van der Waals surface area contributed by atoms with E-state index in [0.29, 0.717) is 0 Å². The Hall–Kier alpha value is -1.14. The van der Waals surface area contributed by atoms with Gasteiger partial charge >= 0.3 is 11.9 Å². The van der Waals surface area contributed by atoms with Crippen molar-refractivity contribution in [1.29, 1.82) is 0 Å². The van der Waals surface area contributed by atoms with Gasteiger partial charge in [0.05, 0.1) is 11.8 Å². The van der Waals surface area contributed by atoms with Crippen molar-refractivity contribution in [2.45, 2.75) is 63.5 Å². The first-order chi connectivity index (χ1) is 9.08. The molecule has 6 nitrogen and oxygen atoms in total. The standard InChI is InChI=1S/2C7H13NO2/c2*1-7(8)4-2-3-5(7)6(9)10/h2*5H,2-4,8H2,1H3,(H,9,10)/t2*5-,7-/m10/s1. The van der Waals surface area contributed by atoms with E-state index in [2.05, 4.69) is 0 Å². The predicted octanol–water partition coefficient (Wildman–Crippen LogP) is 1.18. The Morgan fingerprint density at radius 3 is 1.30 bits per heavy atom. The first-order valence-corrected chi connectivity index (χ1v) is 7.11. The van der Waals surface area contributed by atoms with Crippen molar-refractivity contribution in [2.75, 3.05) is 0 Å². The molecule has 0 amide bonds. The number of carboxylic acid groups (broad SMARTS) is 2. The Morgan fingerprint density at radius 1 is 0.900 bits per heavy atom. The Kier molecular flexibility index (Phi) is 5.15. The lowest BCUT2D eigenvalue weighted by Gasteiger charge is -2.22. The summed E-state index contributed by atoms with van der Waals surface area (Å²) in [5.74, 6) is -2.15. The Bertz CT molecular complexity index is 343. The molecule has 0 aromatic carbocycles. The molecule has 0 aromatic heterocycles. The van der Waals surface area contributed by atoms with E-state index < -0.39 is 23.0 Å². The maximum atomic E-state index is 10.5. The van der Waals surface area contributed by atoms with E-state index in [4.69, 9.17) is 21.7 Å². The Labute approximate surface area is 119 Å². The summed E-state index contributed by atoms with van der Waals surface area (Å²) >= 11 is 0. The summed E-state index contributed by atoms with van der Waals surface area (Å²) in [5.41, 5.74) is 10.6. The second kappa shape index (κ2) is 6.10.